The number of methoxy groups -OCH3 is 1. The average Bonchev–Trinajstić information content (AvgIpc) is 3.32. The van der Waals surface area contributed by atoms with E-state index in [-0.39, 0.29) is 17.4 Å². The number of halogens is 2. The minimum atomic E-state index is -1.02. The van der Waals surface area contributed by atoms with Gasteiger partial charge in [0.05, 0.1) is 24.5 Å². The molecule has 0 spiro atoms. The minimum Gasteiger partial charge on any atom is -0.504 e. The molecule has 0 saturated carbocycles. The molecule has 2 amide bonds. The molecule has 2 fully saturated rings. The fourth-order valence-electron chi connectivity index (χ4n) is 4.29. The molecule has 3 aromatic rings. The maximum atomic E-state index is 13.6. The maximum Gasteiger partial charge on any atom is 0.266 e. The molecular weight excluding hydrogens is 467 g/mol. The molecule has 5 rings (SSSR count). The molecule has 1 N–H and O–H groups in total. The van der Waals surface area contributed by atoms with Crippen molar-refractivity contribution in [2.45, 2.75) is 12.1 Å². The third-order valence-electron chi connectivity index (χ3n) is 5.83. The zero-order valence-electron chi connectivity index (χ0n) is 17.3. The van der Waals surface area contributed by atoms with Crippen LogP contribution in [-0.4, -0.2) is 30.1 Å². The Bertz CT molecular complexity index is 1230. The Morgan fingerprint density at radius 1 is 0.879 bits per heavy atom. The highest BCUT2D eigenvalue weighted by molar-refractivity contribution is 6.31. The number of benzene rings is 3. The number of ether oxygens (including phenoxy) is 1. The summed E-state index contributed by atoms with van der Waals surface area (Å²) in [5, 5.41) is 12.7. The topological polar surface area (TPSA) is 79.3 Å². The van der Waals surface area contributed by atoms with E-state index in [0.717, 1.165) is 4.90 Å². The molecule has 9 heteroatoms. The number of carbonyl (C=O) groups excluding carboxylic acids is 2. The third kappa shape index (κ3) is 3.58. The van der Waals surface area contributed by atoms with Crippen molar-refractivity contribution in [1.82, 2.24) is 0 Å². The van der Waals surface area contributed by atoms with Gasteiger partial charge < -0.3 is 9.84 Å². The summed E-state index contributed by atoms with van der Waals surface area (Å²) in [5.41, 5.74) is 1.70. The van der Waals surface area contributed by atoms with Gasteiger partial charge in [-0.15, -0.1) is 0 Å². The number of nitrogens with zero attached hydrogens (tertiary/aromatic N) is 2. The molecule has 2 aliphatic heterocycles. The highest BCUT2D eigenvalue weighted by atomic mass is 35.5. The number of rotatable bonds is 4. The van der Waals surface area contributed by atoms with Gasteiger partial charge in [0.2, 0.25) is 5.91 Å². The van der Waals surface area contributed by atoms with E-state index in [2.05, 4.69) is 0 Å². The smallest absolute Gasteiger partial charge is 0.266 e. The lowest BCUT2D eigenvalue weighted by Gasteiger charge is -2.29. The van der Waals surface area contributed by atoms with Crippen LogP contribution < -0.4 is 14.7 Å². The molecule has 2 aliphatic rings. The standard InChI is InChI=1S/C24H18Cl2N2O5/c1-32-19-12-13(2-11-18(19)29)21-20-22(33-28(21)17-9-5-15(26)6-10-17)24(31)27(23(20)30)16-7-3-14(25)4-8-16/h2-12,20-22,29H,1H3/t20-,21+,22+/m1/s1. The third-order valence-corrected chi connectivity index (χ3v) is 6.33. The molecule has 33 heavy (non-hydrogen) atoms. The molecule has 3 aromatic carbocycles. The van der Waals surface area contributed by atoms with Crippen LogP contribution in [0.5, 0.6) is 11.5 Å². The first-order chi connectivity index (χ1) is 15.9. The van der Waals surface area contributed by atoms with E-state index in [1.807, 2.05) is 0 Å². The zero-order chi connectivity index (χ0) is 23.3. The molecule has 2 saturated heterocycles. The van der Waals surface area contributed by atoms with Crippen LogP contribution in [0.15, 0.2) is 66.7 Å². The first kappa shape index (κ1) is 21.6. The normalized spacial score (nSPS) is 22.1. The van der Waals surface area contributed by atoms with Gasteiger partial charge in [0, 0.05) is 10.0 Å². The van der Waals surface area contributed by atoms with E-state index in [1.165, 1.54) is 13.2 Å². The summed E-state index contributed by atoms with van der Waals surface area (Å²) < 4.78 is 5.26. The number of phenolic OH excluding ortho intramolecular Hbond substituents is 1. The average molecular weight is 485 g/mol. The lowest BCUT2D eigenvalue weighted by molar-refractivity contribution is -0.126. The van der Waals surface area contributed by atoms with E-state index in [9.17, 15) is 14.7 Å². The van der Waals surface area contributed by atoms with Crippen LogP contribution in [-0.2, 0) is 14.4 Å². The predicted octanol–water partition coefficient (Wildman–Crippen LogP) is 4.76. The number of hydrogen-bond donors (Lipinski definition) is 1. The quantitative estimate of drug-likeness (QED) is 0.537. The highest BCUT2D eigenvalue weighted by Gasteiger charge is 2.60. The van der Waals surface area contributed by atoms with Crippen molar-refractivity contribution in [2.75, 3.05) is 17.1 Å². The van der Waals surface area contributed by atoms with Crippen molar-refractivity contribution in [3.05, 3.63) is 82.3 Å². The van der Waals surface area contributed by atoms with Gasteiger partial charge in [-0.1, -0.05) is 29.3 Å². The number of fused-ring (bicyclic) bond motifs is 1. The summed E-state index contributed by atoms with van der Waals surface area (Å²) in [7, 11) is 1.44. The van der Waals surface area contributed by atoms with Crippen LogP contribution in [0.2, 0.25) is 10.0 Å². The summed E-state index contributed by atoms with van der Waals surface area (Å²) in [6, 6.07) is 17.5. The van der Waals surface area contributed by atoms with Crippen LogP contribution in [0.4, 0.5) is 11.4 Å². The molecule has 0 aliphatic carbocycles. The summed E-state index contributed by atoms with van der Waals surface area (Å²) in [6.07, 6.45) is -1.02. The monoisotopic (exact) mass is 484 g/mol. The minimum absolute atomic E-state index is 0.0358. The number of amides is 2. The van der Waals surface area contributed by atoms with Crippen LogP contribution in [0.25, 0.3) is 0 Å². The summed E-state index contributed by atoms with van der Waals surface area (Å²) in [4.78, 5) is 34.1. The number of carbonyl (C=O) groups is 2. The lowest BCUT2D eigenvalue weighted by atomic mass is 9.90. The van der Waals surface area contributed by atoms with Gasteiger partial charge in [-0.2, -0.15) is 0 Å². The van der Waals surface area contributed by atoms with Gasteiger partial charge in [-0.05, 0) is 66.2 Å². The summed E-state index contributed by atoms with van der Waals surface area (Å²) >= 11 is 12.0. The molecule has 2 heterocycles. The molecular formula is C24H18Cl2N2O5. The van der Waals surface area contributed by atoms with Gasteiger partial charge in [0.25, 0.3) is 5.91 Å². The van der Waals surface area contributed by atoms with Crippen LogP contribution in [0.1, 0.15) is 11.6 Å². The zero-order valence-corrected chi connectivity index (χ0v) is 18.8. The second kappa shape index (κ2) is 8.26. The number of imide groups is 1. The molecule has 0 aromatic heterocycles. The fourth-order valence-corrected chi connectivity index (χ4v) is 4.54. The van der Waals surface area contributed by atoms with Gasteiger partial charge in [-0.3, -0.25) is 14.4 Å². The first-order valence-electron chi connectivity index (χ1n) is 10.1. The fraction of sp³-hybridized carbons (Fsp3) is 0.167. The second-order valence-electron chi connectivity index (χ2n) is 7.72. The number of hydrogen-bond acceptors (Lipinski definition) is 6. The largest absolute Gasteiger partial charge is 0.504 e. The van der Waals surface area contributed by atoms with Crippen molar-refractivity contribution >= 4 is 46.4 Å². The van der Waals surface area contributed by atoms with E-state index < -0.39 is 24.0 Å². The number of hydroxylamine groups is 1. The molecule has 3 atom stereocenters. The Morgan fingerprint density at radius 2 is 1.48 bits per heavy atom. The predicted molar refractivity (Wildman–Crippen MR) is 124 cm³/mol. The summed E-state index contributed by atoms with van der Waals surface area (Å²) in [6.45, 7) is 0. The Balaban J connectivity index is 1.60. The van der Waals surface area contributed by atoms with Crippen molar-refractivity contribution in [1.29, 1.82) is 0 Å². The highest BCUT2D eigenvalue weighted by Crippen LogP contribution is 2.48. The van der Waals surface area contributed by atoms with Crippen LogP contribution in [0.3, 0.4) is 0 Å². The number of aromatic hydroxyl groups is 1. The summed E-state index contributed by atoms with van der Waals surface area (Å²) in [5.74, 6) is -1.46. The molecule has 0 bridgehead atoms. The number of anilines is 2. The SMILES string of the molecule is COc1cc([C@H]2[C@H]3C(=O)N(c4ccc(Cl)cc4)C(=O)[C@H]3ON2c2ccc(Cl)cc2)ccc1O. The van der Waals surface area contributed by atoms with Crippen LogP contribution in [0, 0.1) is 5.92 Å². The van der Waals surface area contributed by atoms with Gasteiger partial charge in [0.15, 0.2) is 17.6 Å². The second-order valence-corrected chi connectivity index (χ2v) is 8.59. The molecule has 0 radical (unpaired) electrons. The van der Waals surface area contributed by atoms with Crippen molar-refractivity contribution < 1.29 is 24.3 Å². The molecule has 168 valence electrons. The van der Waals surface area contributed by atoms with E-state index >= 15 is 0 Å². The van der Waals surface area contributed by atoms with E-state index in [4.69, 9.17) is 32.8 Å². The van der Waals surface area contributed by atoms with Gasteiger partial charge in [-0.25, -0.2) is 9.96 Å². The Labute approximate surface area is 199 Å². The Kier molecular flexibility index (Phi) is 5.40. The van der Waals surface area contributed by atoms with Crippen molar-refractivity contribution in [3.63, 3.8) is 0 Å². The first-order valence-corrected chi connectivity index (χ1v) is 10.9. The van der Waals surface area contributed by atoms with E-state index in [1.54, 1.807) is 65.7 Å². The van der Waals surface area contributed by atoms with Crippen LogP contribution >= 0.6 is 23.2 Å². The Hall–Kier alpha value is -3.26. The van der Waals surface area contributed by atoms with Gasteiger partial charge >= 0.3 is 0 Å². The van der Waals surface area contributed by atoms with Crippen molar-refractivity contribution in [3.8, 4) is 11.5 Å². The lowest BCUT2D eigenvalue weighted by Crippen LogP contribution is -2.37. The molecule has 7 nitrogen and oxygen atoms in total. The number of phenols is 1. The van der Waals surface area contributed by atoms with E-state index in [0.29, 0.717) is 27.0 Å². The molecule has 0 unspecified atom stereocenters. The van der Waals surface area contributed by atoms with Gasteiger partial charge in [0.1, 0.15) is 5.92 Å². The Morgan fingerprint density at radius 3 is 2.09 bits per heavy atom. The maximum absolute atomic E-state index is 13.6. The van der Waals surface area contributed by atoms with Crippen molar-refractivity contribution in [2.24, 2.45) is 5.92 Å².